The van der Waals surface area contributed by atoms with Crippen molar-refractivity contribution < 1.29 is 4.42 Å². The first kappa shape index (κ1) is 13.6. The summed E-state index contributed by atoms with van der Waals surface area (Å²) in [5, 5.41) is 18.2. The van der Waals surface area contributed by atoms with Crippen LogP contribution in [0.3, 0.4) is 0 Å². The number of rotatable bonds is 3. The number of benzene rings is 1. The smallest absolute Gasteiger partial charge is 0.283 e. The molecule has 21 heavy (non-hydrogen) atoms. The summed E-state index contributed by atoms with van der Waals surface area (Å²) < 4.78 is 5.56. The van der Waals surface area contributed by atoms with Crippen LogP contribution in [0.2, 0.25) is 5.02 Å². The lowest BCUT2D eigenvalue weighted by Gasteiger charge is -1.97. The molecule has 0 bridgehead atoms. The molecule has 0 spiro atoms. The molecule has 0 N–H and O–H groups in total. The maximum absolute atomic E-state index is 8.72. The normalized spacial score (nSPS) is 10.3. The first-order valence-corrected chi connectivity index (χ1v) is 7.08. The van der Waals surface area contributed by atoms with Gasteiger partial charge in [0, 0.05) is 6.20 Å². The van der Waals surface area contributed by atoms with Gasteiger partial charge in [-0.3, -0.25) is 0 Å². The lowest BCUT2D eigenvalue weighted by molar-refractivity contribution is 0.465. The van der Waals surface area contributed by atoms with Crippen molar-refractivity contribution in [3.8, 4) is 17.5 Å². The molecule has 102 valence electrons. The minimum absolute atomic E-state index is 0.358. The summed E-state index contributed by atoms with van der Waals surface area (Å²) in [4.78, 5) is 4.13. The standard InChI is InChI=1S/C14H7ClN4OS/c15-11-4-2-1-3-10(11)13-18-19-14(20-13)21-12-6-5-9(7-16)8-17-12/h1-6,8H. The first-order chi connectivity index (χ1) is 10.3. The molecule has 0 aliphatic rings. The highest BCUT2D eigenvalue weighted by Crippen LogP contribution is 2.30. The first-order valence-electron chi connectivity index (χ1n) is 5.88. The highest BCUT2D eigenvalue weighted by molar-refractivity contribution is 7.99. The van der Waals surface area contributed by atoms with Gasteiger partial charge in [-0.05, 0) is 36.0 Å². The van der Waals surface area contributed by atoms with Gasteiger partial charge in [-0.25, -0.2) is 4.98 Å². The van der Waals surface area contributed by atoms with Crippen molar-refractivity contribution >= 4 is 23.4 Å². The minimum Gasteiger partial charge on any atom is -0.411 e. The fourth-order valence-electron chi connectivity index (χ4n) is 1.59. The SMILES string of the molecule is N#Cc1ccc(Sc2nnc(-c3ccccc3Cl)o2)nc1. The topological polar surface area (TPSA) is 75.6 Å². The Labute approximate surface area is 129 Å². The average Bonchev–Trinajstić information content (AvgIpc) is 2.97. The Balaban J connectivity index is 1.82. The number of halogens is 1. The van der Waals surface area contributed by atoms with E-state index in [9.17, 15) is 0 Å². The van der Waals surface area contributed by atoms with Crippen molar-refractivity contribution in [3.05, 3.63) is 53.2 Å². The minimum atomic E-state index is 0.358. The lowest BCUT2D eigenvalue weighted by atomic mass is 10.2. The molecule has 5 nitrogen and oxygen atoms in total. The van der Waals surface area contributed by atoms with Gasteiger partial charge in [0.25, 0.3) is 5.22 Å². The number of nitrogens with zero attached hydrogens (tertiary/aromatic N) is 4. The van der Waals surface area contributed by atoms with E-state index >= 15 is 0 Å². The van der Waals surface area contributed by atoms with Gasteiger partial charge in [0.05, 0.1) is 16.1 Å². The number of pyridine rings is 1. The summed E-state index contributed by atoms with van der Waals surface area (Å²) in [5.41, 5.74) is 1.19. The van der Waals surface area contributed by atoms with E-state index in [1.54, 1.807) is 18.2 Å². The average molecular weight is 315 g/mol. The molecule has 0 saturated carbocycles. The van der Waals surface area contributed by atoms with E-state index in [4.69, 9.17) is 21.3 Å². The molecule has 7 heteroatoms. The van der Waals surface area contributed by atoms with Gasteiger partial charge in [-0.1, -0.05) is 23.7 Å². The van der Waals surface area contributed by atoms with Crippen molar-refractivity contribution in [1.29, 1.82) is 5.26 Å². The van der Waals surface area contributed by atoms with E-state index in [-0.39, 0.29) is 0 Å². The molecule has 3 rings (SSSR count). The fourth-order valence-corrected chi connectivity index (χ4v) is 2.43. The fraction of sp³-hybridized carbons (Fsp3) is 0. The van der Waals surface area contributed by atoms with Crippen LogP contribution in [0, 0.1) is 11.3 Å². The largest absolute Gasteiger partial charge is 0.411 e. The zero-order chi connectivity index (χ0) is 14.7. The van der Waals surface area contributed by atoms with Gasteiger partial charge in [-0.15, -0.1) is 10.2 Å². The van der Waals surface area contributed by atoms with Crippen LogP contribution in [0.25, 0.3) is 11.5 Å². The van der Waals surface area contributed by atoms with E-state index in [1.165, 1.54) is 18.0 Å². The Morgan fingerprint density at radius 2 is 2.00 bits per heavy atom. The van der Waals surface area contributed by atoms with Crippen molar-refractivity contribution in [2.75, 3.05) is 0 Å². The van der Waals surface area contributed by atoms with Crippen LogP contribution in [-0.2, 0) is 0 Å². The van der Waals surface area contributed by atoms with Gasteiger partial charge in [0.15, 0.2) is 0 Å². The molecule has 3 aromatic rings. The molecule has 0 fully saturated rings. The zero-order valence-electron chi connectivity index (χ0n) is 10.5. The molecule has 0 atom stereocenters. The highest BCUT2D eigenvalue weighted by atomic mass is 35.5. The van der Waals surface area contributed by atoms with Crippen molar-refractivity contribution in [3.63, 3.8) is 0 Å². The van der Waals surface area contributed by atoms with Crippen LogP contribution < -0.4 is 0 Å². The van der Waals surface area contributed by atoms with E-state index in [2.05, 4.69) is 15.2 Å². The van der Waals surface area contributed by atoms with Crippen molar-refractivity contribution in [2.45, 2.75) is 10.2 Å². The molecule has 1 aromatic carbocycles. The maximum Gasteiger partial charge on any atom is 0.283 e. The summed E-state index contributed by atoms with van der Waals surface area (Å²) in [7, 11) is 0. The second-order valence-electron chi connectivity index (χ2n) is 3.95. The number of nitriles is 1. The van der Waals surface area contributed by atoms with Crippen LogP contribution >= 0.6 is 23.4 Å². The van der Waals surface area contributed by atoms with E-state index in [0.29, 0.717) is 32.3 Å². The Kier molecular flexibility index (Phi) is 3.86. The summed E-state index contributed by atoms with van der Waals surface area (Å²) in [6.07, 6.45) is 1.49. The second kappa shape index (κ2) is 5.95. The van der Waals surface area contributed by atoms with Crippen molar-refractivity contribution in [1.82, 2.24) is 15.2 Å². The van der Waals surface area contributed by atoms with Crippen LogP contribution in [0.4, 0.5) is 0 Å². The summed E-state index contributed by atoms with van der Waals surface area (Å²) >= 11 is 7.31. The number of aromatic nitrogens is 3. The summed E-state index contributed by atoms with van der Waals surface area (Å²) in [6.45, 7) is 0. The van der Waals surface area contributed by atoms with E-state index in [0.717, 1.165) is 0 Å². The molecule has 2 heterocycles. The Bertz CT molecular complexity index is 810. The molecule has 0 aliphatic heterocycles. The predicted molar refractivity (Wildman–Crippen MR) is 77.8 cm³/mol. The molecule has 0 unspecified atom stereocenters. The monoisotopic (exact) mass is 314 g/mol. The Hall–Kier alpha value is -2.36. The van der Waals surface area contributed by atoms with Gasteiger partial charge >= 0.3 is 0 Å². The third-order valence-electron chi connectivity index (χ3n) is 2.57. The van der Waals surface area contributed by atoms with Crippen LogP contribution in [0.5, 0.6) is 0 Å². The van der Waals surface area contributed by atoms with Gasteiger partial charge in [-0.2, -0.15) is 5.26 Å². The van der Waals surface area contributed by atoms with Gasteiger partial charge in [0.2, 0.25) is 5.89 Å². The molecular formula is C14H7ClN4OS. The molecule has 0 aliphatic carbocycles. The van der Waals surface area contributed by atoms with Crippen LogP contribution in [0.15, 0.2) is 57.3 Å². The van der Waals surface area contributed by atoms with E-state index < -0.39 is 0 Å². The zero-order valence-corrected chi connectivity index (χ0v) is 12.1. The Morgan fingerprint density at radius 1 is 1.14 bits per heavy atom. The number of hydrogen-bond donors (Lipinski definition) is 0. The quantitative estimate of drug-likeness (QED) is 0.731. The molecule has 0 saturated heterocycles. The highest BCUT2D eigenvalue weighted by Gasteiger charge is 2.12. The third-order valence-corrected chi connectivity index (χ3v) is 3.69. The molecular weight excluding hydrogens is 308 g/mol. The van der Waals surface area contributed by atoms with Crippen molar-refractivity contribution in [2.24, 2.45) is 0 Å². The molecule has 2 aromatic heterocycles. The van der Waals surface area contributed by atoms with Gasteiger partial charge < -0.3 is 4.42 Å². The molecule has 0 radical (unpaired) electrons. The lowest BCUT2D eigenvalue weighted by Crippen LogP contribution is -1.81. The van der Waals surface area contributed by atoms with E-state index in [1.807, 2.05) is 24.3 Å². The summed E-state index contributed by atoms with van der Waals surface area (Å²) in [6, 6.07) is 12.7. The van der Waals surface area contributed by atoms with Crippen LogP contribution in [0.1, 0.15) is 5.56 Å². The number of hydrogen-bond acceptors (Lipinski definition) is 6. The second-order valence-corrected chi connectivity index (χ2v) is 5.33. The van der Waals surface area contributed by atoms with Crippen LogP contribution in [-0.4, -0.2) is 15.2 Å². The third kappa shape index (κ3) is 3.05. The molecule has 0 amide bonds. The predicted octanol–water partition coefficient (Wildman–Crippen LogP) is 3.81. The maximum atomic E-state index is 8.72. The Morgan fingerprint density at radius 3 is 2.71 bits per heavy atom. The summed E-state index contributed by atoms with van der Waals surface area (Å²) in [5.74, 6) is 0.358. The van der Waals surface area contributed by atoms with Gasteiger partial charge in [0.1, 0.15) is 11.1 Å².